The highest BCUT2D eigenvalue weighted by Gasteiger charge is 2.25. The number of nitrogens with zero attached hydrogens (tertiary/aromatic N) is 4. The molecule has 2 aromatic heterocycles. The van der Waals surface area contributed by atoms with E-state index < -0.39 is 10.0 Å². The van der Waals surface area contributed by atoms with E-state index in [0.29, 0.717) is 37.7 Å². The molecular formula is C21H31N5O3S. The second kappa shape index (κ2) is 8.56. The van der Waals surface area contributed by atoms with Crippen LogP contribution in [0.5, 0.6) is 0 Å². The molecule has 0 unspecified atom stereocenters. The molecular weight excluding hydrogens is 402 g/mol. The first-order valence-corrected chi connectivity index (χ1v) is 12.4. The largest absolute Gasteiger partial charge is 0.355 e. The SMILES string of the molecule is CN1CCC(CNC(=O)c2ccc3ccc(N4CCN(S(C)(=O)=O)CC4)n3c2)CC1. The molecule has 0 aliphatic carbocycles. The number of anilines is 1. The third kappa shape index (κ3) is 4.63. The molecule has 4 heterocycles. The molecule has 30 heavy (non-hydrogen) atoms. The number of piperazine rings is 1. The highest BCUT2D eigenvalue weighted by Crippen LogP contribution is 2.22. The summed E-state index contributed by atoms with van der Waals surface area (Å²) in [5.74, 6) is 1.49. The standard InChI is InChI=1S/C21H31N5O3S/c1-23-9-7-17(8-10-23)15-22-21(27)18-3-4-19-5-6-20(26(19)16-18)24-11-13-25(14-12-24)30(2,28)29/h3-6,16-17H,7-15H2,1-2H3,(H,22,27). The Morgan fingerprint density at radius 2 is 1.70 bits per heavy atom. The summed E-state index contributed by atoms with van der Waals surface area (Å²) in [6, 6.07) is 7.88. The fourth-order valence-electron chi connectivity index (χ4n) is 4.33. The van der Waals surface area contributed by atoms with Crippen molar-refractivity contribution in [3.8, 4) is 0 Å². The third-order valence-electron chi connectivity index (χ3n) is 6.31. The lowest BCUT2D eigenvalue weighted by atomic mass is 9.97. The van der Waals surface area contributed by atoms with Crippen molar-refractivity contribution >= 4 is 27.3 Å². The van der Waals surface area contributed by atoms with E-state index in [4.69, 9.17) is 0 Å². The van der Waals surface area contributed by atoms with Crippen molar-refractivity contribution in [1.82, 2.24) is 18.9 Å². The normalized spacial score (nSPS) is 20.0. The van der Waals surface area contributed by atoms with Crippen molar-refractivity contribution in [2.45, 2.75) is 12.8 Å². The van der Waals surface area contributed by atoms with Gasteiger partial charge in [-0.1, -0.05) is 0 Å². The van der Waals surface area contributed by atoms with E-state index in [1.54, 1.807) is 0 Å². The molecule has 1 N–H and O–H groups in total. The van der Waals surface area contributed by atoms with Gasteiger partial charge in [0.2, 0.25) is 10.0 Å². The minimum absolute atomic E-state index is 0.0441. The lowest BCUT2D eigenvalue weighted by Crippen LogP contribution is -2.48. The number of fused-ring (bicyclic) bond motifs is 1. The topological polar surface area (TPSA) is 77.4 Å². The molecule has 2 fully saturated rings. The highest BCUT2D eigenvalue weighted by atomic mass is 32.2. The Morgan fingerprint density at radius 3 is 2.37 bits per heavy atom. The van der Waals surface area contributed by atoms with Crippen LogP contribution >= 0.6 is 0 Å². The summed E-state index contributed by atoms with van der Waals surface area (Å²) < 4.78 is 27.1. The fraction of sp³-hybridized carbons (Fsp3) is 0.571. The van der Waals surface area contributed by atoms with Crippen molar-refractivity contribution in [3.05, 3.63) is 36.0 Å². The number of carbonyl (C=O) groups is 1. The van der Waals surface area contributed by atoms with Crippen molar-refractivity contribution in [3.63, 3.8) is 0 Å². The molecule has 9 heteroatoms. The van der Waals surface area contributed by atoms with Crippen molar-refractivity contribution < 1.29 is 13.2 Å². The zero-order valence-corrected chi connectivity index (χ0v) is 18.6. The van der Waals surface area contributed by atoms with E-state index in [0.717, 1.165) is 43.8 Å². The first kappa shape index (κ1) is 21.1. The van der Waals surface area contributed by atoms with E-state index in [1.807, 2.05) is 34.9 Å². The predicted octanol–water partition coefficient (Wildman–Crippen LogP) is 1.09. The van der Waals surface area contributed by atoms with Crippen LogP contribution in [0, 0.1) is 5.92 Å². The number of pyridine rings is 1. The number of hydrogen-bond acceptors (Lipinski definition) is 5. The Balaban J connectivity index is 1.43. The summed E-state index contributed by atoms with van der Waals surface area (Å²) in [5.41, 5.74) is 1.66. The lowest BCUT2D eigenvalue weighted by molar-refractivity contribution is 0.0938. The molecule has 2 saturated heterocycles. The minimum Gasteiger partial charge on any atom is -0.355 e. The van der Waals surface area contributed by atoms with Gasteiger partial charge in [0.05, 0.1) is 11.8 Å². The number of sulfonamides is 1. The maximum atomic E-state index is 12.7. The van der Waals surface area contributed by atoms with E-state index in [2.05, 4.69) is 22.2 Å². The number of aromatic nitrogens is 1. The average Bonchev–Trinajstić information content (AvgIpc) is 3.16. The quantitative estimate of drug-likeness (QED) is 0.764. The summed E-state index contributed by atoms with van der Waals surface area (Å²) >= 11 is 0. The molecule has 1 amide bonds. The van der Waals surface area contributed by atoms with Gasteiger partial charge in [-0.3, -0.25) is 4.79 Å². The van der Waals surface area contributed by atoms with Crippen LogP contribution in [0.1, 0.15) is 23.2 Å². The Labute approximate surface area is 178 Å². The molecule has 4 rings (SSSR count). The molecule has 2 aliphatic rings. The van der Waals surface area contributed by atoms with Gasteiger partial charge in [-0.05, 0) is 63.2 Å². The van der Waals surface area contributed by atoms with Gasteiger partial charge in [-0.2, -0.15) is 4.31 Å². The van der Waals surface area contributed by atoms with E-state index in [9.17, 15) is 13.2 Å². The highest BCUT2D eigenvalue weighted by molar-refractivity contribution is 7.88. The molecule has 0 atom stereocenters. The first-order valence-electron chi connectivity index (χ1n) is 10.6. The smallest absolute Gasteiger partial charge is 0.252 e. The molecule has 0 radical (unpaired) electrons. The van der Waals surface area contributed by atoms with Crippen LogP contribution in [-0.4, -0.2) is 87.0 Å². The second-order valence-electron chi connectivity index (χ2n) is 8.51. The maximum Gasteiger partial charge on any atom is 0.252 e. The average molecular weight is 434 g/mol. The van der Waals surface area contributed by atoms with E-state index >= 15 is 0 Å². The molecule has 0 spiro atoms. The Bertz CT molecular complexity index is 1000. The van der Waals surface area contributed by atoms with Crippen molar-refractivity contribution in [1.29, 1.82) is 0 Å². The van der Waals surface area contributed by atoms with E-state index in [-0.39, 0.29) is 5.91 Å². The number of nitrogens with one attached hydrogen (secondary N) is 1. The van der Waals surface area contributed by atoms with Crippen LogP contribution in [0.2, 0.25) is 0 Å². The summed E-state index contributed by atoms with van der Waals surface area (Å²) in [6.07, 6.45) is 5.39. The molecule has 8 nitrogen and oxygen atoms in total. The van der Waals surface area contributed by atoms with Gasteiger partial charge in [-0.15, -0.1) is 0 Å². The van der Waals surface area contributed by atoms with Gasteiger partial charge in [0, 0.05) is 44.4 Å². The molecule has 164 valence electrons. The zero-order valence-electron chi connectivity index (χ0n) is 17.7. The minimum atomic E-state index is -3.15. The summed E-state index contributed by atoms with van der Waals surface area (Å²) in [7, 11) is -1.01. The Morgan fingerprint density at radius 1 is 1.03 bits per heavy atom. The number of hydrogen-bond donors (Lipinski definition) is 1. The van der Waals surface area contributed by atoms with Crippen molar-refractivity contribution in [2.24, 2.45) is 5.92 Å². The number of amides is 1. The van der Waals surface area contributed by atoms with Gasteiger partial charge >= 0.3 is 0 Å². The maximum absolute atomic E-state index is 12.7. The van der Waals surface area contributed by atoms with Gasteiger partial charge in [0.25, 0.3) is 5.91 Å². The number of rotatable bonds is 5. The second-order valence-corrected chi connectivity index (χ2v) is 10.5. The summed E-state index contributed by atoms with van der Waals surface area (Å²) in [6.45, 7) is 5.11. The van der Waals surface area contributed by atoms with Crippen LogP contribution in [-0.2, 0) is 10.0 Å². The Hall–Kier alpha value is -2.10. The third-order valence-corrected chi connectivity index (χ3v) is 7.62. The number of carbonyl (C=O) groups excluding carboxylic acids is 1. The molecule has 0 bridgehead atoms. The number of piperidine rings is 1. The lowest BCUT2D eigenvalue weighted by Gasteiger charge is -2.34. The summed E-state index contributed by atoms with van der Waals surface area (Å²) in [5, 5.41) is 3.10. The molecule has 2 aromatic rings. The predicted molar refractivity (Wildman–Crippen MR) is 119 cm³/mol. The fourth-order valence-corrected chi connectivity index (χ4v) is 5.16. The van der Waals surface area contributed by atoms with Gasteiger partial charge in [0.1, 0.15) is 5.82 Å². The van der Waals surface area contributed by atoms with Crippen LogP contribution in [0.3, 0.4) is 0 Å². The van der Waals surface area contributed by atoms with Crippen LogP contribution in [0.25, 0.3) is 5.52 Å². The van der Waals surface area contributed by atoms with E-state index in [1.165, 1.54) is 10.6 Å². The Kier molecular flexibility index (Phi) is 6.04. The van der Waals surface area contributed by atoms with Gasteiger partial charge < -0.3 is 19.5 Å². The molecule has 2 aliphatic heterocycles. The first-order chi connectivity index (χ1) is 14.3. The van der Waals surface area contributed by atoms with Crippen LogP contribution in [0.15, 0.2) is 30.5 Å². The van der Waals surface area contributed by atoms with Crippen LogP contribution < -0.4 is 10.2 Å². The number of likely N-dealkylation sites (tertiary alicyclic amines) is 1. The van der Waals surface area contributed by atoms with Gasteiger partial charge in [-0.25, -0.2) is 8.42 Å². The zero-order chi connectivity index (χ0) is 21.3. The van der Waals surface area contributed by atoms with Crippen LogP contribution in [0.4, 0.5) is 5.82 Å². The molecule has 0 saturated carbocycles. The van der Waals surface area contributed by atoms with Crippen molar-refractivity contribution in [2.75, 3.05) is 64.0 Å². The molecule has 0 aromatic carbocycles. The van der Waals surface area contributed by atoms with Gasteiger partial charge in [0.15, 0.2) is 0 Å². The monoisotopic (exact) mass is 433 g/mol. The summed E-state index contributed by atoms with van der Waals surface area (Å²) in [4.78, 5) is 17.2.